The van der Waals surface area contributed by atoms with Gasteiger partial charge in [0.15, 0.2) is 0 Å². The SMILES string of the molecule is CCCCCCCC[Si](CCCCCCCC)(CCCCCCCC)OC(=O)CCC=C(CC)C(=O)O. The van der Waals surface area contributed by atoms with Crippen LogP contribution in [0.2, 0.25) is 18.1 Å². The summed E-state index contributed by atoms with van der Waals surface area (Å²) in [5.41, 5.74) is 0.391. The van der Waals surface area contributed by atoms with Crippen molar-refractivity contribution in [3.63, 3.8) is 0 Å². The number of aliphatic carboxylic acids is 1. The van der Waals surface area contributed by atoms with Crippen LogP contribution >= 0.6 is 0 Å². The Kier molecular flexibility index (Phi) is 24.4. The van der Waals surface area contributed by atoms with E-state index >= 15 is 0 Å². The molecule has 218 valence electrons. The summed E-state index contributed by atoms with van der Waals surface area (Å²) < 4.78 is 6.52. The molecule has 0 aromatic carbocycles. The summed E-state index contributed by atoms with van der Waals surface area (Å²) >= 11 is 0. The van der Waals surface area contributed by atoms with Crippen molar-refractivity contribution in [3.05, 3.63) is 11.6 Å². The Bertz CT molecular complexity index is 547. The summed E-state index contributed by atoms with van der Waals surface area (Å²) in [6.45, 7) is 8.62. The van der Waals surface area contributed by atoms with Crippen LogP contribution in [-0.2, 0) is 14.0 Å². The van der Waals surface area contributed by atoms with Crippen LogP contribution in [-0.4, -0.2) is 25.4 Å². The summed E-state index contributed by atoms with van der Waals surface area (Å²) in [6, 6.07) is 3.33. The van der Waals surface area contributed by atoms with Crippen molar-refractivity contribution in [2.45, 2.75) is 181 Å². The topological polar surface area (TPSA) is 63.6 Å². The molecule has 0 heterocycles. The van der Waals surface area contributed by atoms with E-state index in [1.54, 1.807) is 6.08 Å². The molecule has 0 fully saturated rings. The average Bonchev–Trinajstić information content (AvgIpc) is 2.88. The Labute approximate surface area is 231 Å². The molecule has 0 aromatic rings. The minimum Gasteiger partial charge on any atom is -0.519 e. The third kappa shape index (κ3) is 20.5. The van der Waals surface area contributed by atoms with E-state index in [0.717, 1.165) is 18.1 Å². The molecule has 0 aliphatic carbocycles. The Morgan fingerprint density at radius 3 is 1.35 bits per heavy atom. The first kappa shape index (κ1) is 35.9. The van der Waals surface area contributed by atoms with E-state index in [1.807, 2.05) is 6.92 Å². The normalized spacial score (nSPS) is 12.2. The zero-order valence-electron chi connectivity index (χ0n) is 25.2. The molecule has 0 aromatic heterocycles. The first-order valence-corrected chi connectivity index (χ1v) is 18.6. The molecule has 0 amide bonds. The van der Waals surface area contributed by atoms with Gasteiger partial charge in [0.25, 0.3) is 14.3 Å². The lowest BCUT2D eigenvalue weighted by molar-refractivity contribution is -0.135. The van der Waals surface area contributed by atoms with Gasteiger partial charge < -0.3 is 9.53 Å². The number of unbranched alkanes of at least 4 members (excludes halogenated alkanes) is 15. The van der Waals surface area contributed by atoms with Crippen molar-refractivity contribution in [1.29, 1.82) is 0 Å². The molecule has 0 saturated carbocycles. The molecular weight excluding hydrogens is 476 g/mol. The highest BCUT2D eigenvalue weighted by atomic mass is 28.4. The number of rotatable bonds is 27. The summed E-state index contributed by atoms with van der Waals surface area (Å²) in [5.74, 6) is -0.972. The molecule has 0 aliphatic rings. The van der Waals surface area contributed by atoms with Crippen LogP contribution < -0.4 is 0 Å². The van der Waals surface area contributed by atoms with Gasteiger partial charge in [0.1, 0.15) is 0 Å². The number of hydrogen-bond donors (Lipinski definition) is 1. The van der Waals surface area contributed by atoms with E-state index in [-0.39, 0.29) is 5.97 Å². The largest absolute Gasteiger partial charge is 0.519 e. The molecule has 0 radical (unpaired) electrons. The zero-order valence-corrected chi connectivity index (χ0v) is 26.2. The van der Waals surface area contributed by atoms with Gasteiger partial charge in [-0.1, -0.05) is 149 Å². The quantitative estimate of drug-likeness (QED) is 0.0641. The van der Waals surface area contributed by atoms with E-state index < -0.39 is 14.3 Å². The van der Waals surface area contributed by atoms with Crippen LogP contribution in [0.5, 0.6) is 0 Å². The fourth-order valence-corrected chi connectivity index (χ4v) is 9.57. The van der Waals surface area contributed by atoms with E-state index in [2.05, 4.69) is 20.8 Å². The van der Waals surface area contributed by atoms with E-state index in [0.29, 0.717) is 24.8 Å². The van der Waals surface area contributed by atoms with Crippen molar-refractivity contribution in [2.75, 3.05) is 0 Å². The van der Waals surface area contributed by atoms with Gasteiger partial charge >= 0.3 is 5.97 Å². The molecule has 0 atom stereocenters. The molecule has 0 aliphatic heterocycles. The number of carboxylic acids is 1. The zero-order chi connectivity index (χ0) is 27.6. The summed E-state index contributed by atoms with van der Waals surface area (Å²) in [6.07, 6.45) is 25.8. The molecular formula is C32H62O4Si. The van der Waals surface area contributed by atoms with Crippen molar-refractivity contribution < 1.29 is 19.1 Å². The second kappa shape index (κ2) is 25.2. The highest BCUT2D eigenvalue weighted by molar-refractivity contribution is 6.75. The predicted molar refractivity (Wildman–Crippen MR) is 162 cm³/mol. The molecule has 0 bridgehead atoms. The Balaban J connectivity index is 5.23. The van der Waals surface area contributed by atoms with E-state index in [9.17, 15) is 14.7 Å². The first-order valence-electron chi connectivity index (χ1n) is 16.1. The predicted octanol–water partition coefficient (Wildman–Crippen LogP) is 10.8. The number of carboxylic acid groups (broad SMARTS) is 1. The van der Waals surface area contributed by atoms with Gasteiger partial charge in [-0.25, -0.2) is 4.79 Å². The van der Waals surface area contributed by atoms with Crippen molar-refractivity contribution >= 4 is 20.3 Å². The van der Waals surface area contributed by atoms with Crippen molar-refractivity contribution in [1.82, 2.24) is 0 Å². The fraction of sp³-hybridized carbons (Fsp3) is 0.875. The van der Waals surface area contributed by atoms with Gasteiger partial charge in [0.2, 0.25) is 0 Å². The molecule has 5 heteroatoms. The maximum absolute atomic E-state index is 13.1. The smallest absolute Gasteiger partial charge is 0.331 e. The summed E-state index contributed by atoms with van der Waals surface area (Å²) in [7, 11) is -2.16. The van der Waals surface area contributed by atoms with Gasteiger partial charge in [-0.05, 0) is 31.0 Å². The van der Waals surface area contributed by atoms with Crippen LogP contribution in [0.1, 0.15) is 163 Å². The number of allylic oxidation sites excluding steroid dienone is 1. The minimum absolute atomic E-state index is 0.0910. The third-order valence-electron chi connectivity index (χ3n) is 7.68. The number of hydrogen-bond acceptors (Lipinski definition) is 3. The molecule has 1 N–H and O–H groups in total. The maximum Gasteiger partial charge on any atom is 0.331 e. The van der Waals surface area contributed by atoms with E-state index in [4.69, 9.17) is 4.43 Å². The molecule has 37 heavy (non-hydrogen) atoms. The number of carbonyl (C=O) groups excluding carboxylic acids is 1. The van der Waals surface area contributed by atoms with Crippen LogP contribution in [0.4, 0.5) is 0 Å². The molecule has 0 unspecified atom stereocenters. The van der Waals surface area contributed by atoms with Crippen LogP contribution in [0, 0.1) is 0 Å². The highest BCUT2D eigenvalue weighted by Gasteiger charge is 2.37. The number of carbonyl (C=O) groups is 2. The van der Waals surface area contributed by atoms with E-state index in [1.165, 1.54) is 116 Å². The summed E-state index contributed by atoms with van der Waals surface area (Å²) in [5, 5.41) is 9.27. The highest BCUT2D eigenvalue weighted by Crippen LogP contribution is 2.32. The van der Waals surface area contributed by atoms with Crippen molar-refractivity contribution in [2.24, 2.45) is 0 Å². The van der Waals surface area contributed by atoms with Crippen LogP contribution in [0.15, 0.2) is 11.6 Å². The van der Waals surface area contributed by atoms with Crippen LogP contribution in [0.3, 0.4) is 0 Å². The van der Waals surface area contributed by atoms with Gasteiger partial charge in [0.05, 0.1) is 0 Å². The third-order valence-corrected chi connectivity index (χ3v) is 12.1. The average molecular weight is 539 g/mol. The Morgan fingerprint density at radius 1 is 0.622 bits per heavy atom. The Hall–Kier alpha value is -1.10. The summed E-state index contributed by atoms with van der Waals surface area (Å²) in [4.78, 5) is 24.4. The lowest BCUT2D eigenvalue weighted by Gasteiger charge is -2.32. The van der Waals surface area contributed by atoms with Gasteiger partial charge in [0, 0.05) is 12.0 Å². The fourth-order valence-electron chi connectivity index (χ4n) is 5.25. The molecule has 0 saturated heterocycles. The lowest BCUT2D eigenvalue weighted by atomic mass is 10.1. The molecule has 0 rings (SSSR count). The molecule has 0 spiro atoms. The van der Waals surface area contributed by atoms with Gasteiger partial charge in [-0.2, -0.15) is 0 Å². The van der Waals surface area contributed by atoms with Gasteiger partial charge in [-0.3, -0.25) is 4.79 Å². The monoisotopic (exact) mass is 538 g/mol. The molecule has 4 nitrogen and oxygen atoms in total. The Morgan fingerprint density at radius 2 is 1.00 bits per heavy atom. The second-order valence-corrected chi connectivity index (χ2v) is 15.2. The maximum atomic E-state index is 13.1. The van der Waals surface area contributed by atoms with Gasteiger partial charge in [-0.15, -0.1) is 0 Å². The minimum atomic E-state index is -2.16. The van der Waals surface area contributed by atoms with Crippen molar-refractivity contribution in [3.8, 4) is 0 Å². The first-order chi connectivity index (χ1) is 17.9. The second-order valence-electron chi connectivity index (χ2n) is 11.1. The van der Waals surface area contributed by atoms with Crippen LogP contribution in [0.25, 0.3) is 0 Å². The lowest BCUT2D eigenvalue weighted by Crippen LogP contribution is -2.40. The standard InChI is InChI=1S/C32H62O4Si/c1-5-9-12-15-18-21-27-37(28-22-19-16-13-10-6-2,29-23-20-17-14-11-7-3)36-31(33)26-24-25-30(8-4)32(34)35/h25H,5-24,26-29H2,1-4H3,(H,34,35).